The number of esters is 4. The lowest BCUT2D eigenvalue weighted by Gasteiger charge is -2.29. The highest BCUT2D eigenvalue weighted by Gasteiger charge is 2.60. The van der Waals surface area contributed by atoms with E-state index in [1.807, 2.05) is 0 Å². The number of aromatic nitrogens is 4. The van der Waals surface area contributed by atoms with E-state index in [9.17, 15) is 28.7 Å². The first-order chi connectivity index (χ1) is 21.7. The molecule has 1 fully saturated rings. The molecule has 1 aliphatic heterocycles. The molecule has 4 aromatic heterocycles. The highest BCUT2D eigenvalue weighted by molar-refractivity contribution is 5.91. The fraction of sp³-hybridized carbons (Fsp3) is 0.200. The summed E-state index contributed by atoms with van der Waals surface area (Å²) in [5.74, 6) is -7.79. The molecule has 1 N–H and O–H groups in total. The molecule has 0 saturated carbocycles. The lowest BCUT2D eigenvalue weighted by Crippen LogP contribution is -2.51. The van der Waals surface area contributed by atoms with Gasteiger partial charge in [-0.05, 0) is 48.5 Å². The zero-order valence-corrected chi connectivity index (χ0v) is 23.1. The third kappa shape index (κ3) is 7.29. The Balaban J connectivity index is 1.45. The largest absolute Gasteiger partial charge is 0.459 e. The van der Waals surface area contributed by atoms with Gasteiger partial charge < -0.3 is 28.8 Å². The molecule has 1 aliphatic rings. The van der Waals surface area contributed by atoms with Crippen LogP contribution in [0.4, 0.5) is 4.39 Å². The topological polar surface area (TPSA) is 186 Å². The summed E-state index contributed by atoms with van der Waals surface area (Å²) < 4.78 is 41.5. The summed E-state index contributed by atoms with van der Waals surface area (Å²) >= 11 is 0. The minimum atomic E-state index is -2.65. The van der Waals surface area contributed by atoms with E-state index in [2.05, 4.69) is 19.9 Å². The van der Waals surface area contributed by atoms with Crippen molar-refractivity contribution in [2.45, 2.75) is 24.1 Å². The third-order valence-corrected chi connectivity index (χ3v) is 6.40. The van der Waals surface area contributed by atoms with Crippen molar-refractivity contribution < 1.29 is 52.4 Å². The fourth-order valence-corrected chi connectivity index (χ4v) is 4.24. The molecule has 0 unspecified atom stereocenters. The maximum atomic E-state index is 14.1. The monoisotopic (exact) mass is 618 g/mol. The maximum Gasteiger partial charge on any atom is 0.342 e. The van der Waals surface area contributed by atoms with Gasteiger partial charge in [0.05, 0.1) is 16.7 Å². The molecule has 0 bridgehead atoms. The Hall–Kier alpha value is -5.67. The molecule has 0 aromatic carbocycles. The predicted molar refractivity (Wildman–Crippen MR) is 146 cm³/mol. The summed E-state index contributed by atoms with van der Waals surface area (Å²) in [6.07, 6.45) is 3.98. The number of hydrogen-bond donors (Lipinski definition) is 1. The number of carbonyl (C=O) groups excluding carboxylic acids is 4. The number of hydrogen-bond acceptors (Lipinski definition) is 14. The van der Waals surface area contributed by atoms with Gasteiger partial charge in [-0.25, -0.2) is 24.2 Å². The first-order valence-electron chi connectivity index (χ1n) is 13.2. The van der Waals surface area contributed by atoms with E-state index in [-0.39, 0.29) is 16.7 Å². The molecule has 1 saturated heterocycles. The van der Waals surface area contributed by atoms with Crippen molar-refractivity contribution in [2.75, 3.05) is 13.2 Å². The molecule has 0 amide bonds. The first kappa shape index (κ1) is 30.8. The lowest BCUT2D eigenvalue weighted by atomic mass is 10.0. The Labute approximate surface area is 253 Å². The average molecular weight is 619 g/mol. The molecule has 4 aromatic rings. The van der Waals surface area contributed by atoms with Crippen LogP contribution in [0.3, 0.4) is 0 Å². The smallest absolute Gasteiger partial charge is 0.342 e. The first-order valence-corrected chi connectivity index (χ1v) is 13.2. The van der Waals surface area contributed by atoms with E-state index >= 15 is 0 Å². The Kier molecular flexibility index (Phi) is 9.40. The molecule has 45 heavy (non-hydrogen) atoms. The van der Waals surface area contributed by atoms with Crippen molar-refractivity contribution in [3.05, 3.63) is 120 Å². The molecule has 0 aliphatic carbocycles. The molecule has 15 heteroatoms. The molecule has 5 heterocycles. The van der Waals surface area contributed by atoms with Gasteiger partial charge in [0.1, 0.15) is 24.9 Å². The number of aliphatic hydroxyl groups is 1. The van der Waals surface area contributed by atoms with Crippen LogP contribution in [0.2, 0.25) is 0 Å². The van der Waals surface area contributed by atoms with Crippen molar-refractivity contribution >= 4 is 23.9 Å². The van der Waals surface area contributed by atoms with Gasteiger partial charge in [-0.2, -0.15) is 4.39 Å². The summed E-state index contributed by atoms with van der Waals surface area (Å²) in [5.41, 5.74) is -0.515. The third-order valence-electron chi connectivity index (χ3n) is 6.40. The number of carbonyl (C=O) groups is 4. The van der Waals surface area contributed by atoms with Crippen LogP contribution in [-0.2, 0) is 23.7 Å². The van der Waals surface area contributed by atoms with Gasteiger partial charge in [-0.1, -0.05) is 0 Å². The van der Waals surface area contributed by atoms with Crippen molar-refractivity contribution in [2.24, 2.45) is 0 Å². The Morgan fingerprint density at radius 2 is 1.31 bits per heavy atom. The summed E-state index contributed by atoms with van der Waals surface area (Å²) in [6.45, 7) is -1.67. The Bertz CT molecular complexity index is 1670. The van der Waals surface area contributed by atoms with Crippen molar-refractivity contribution in [1.82, 2.24) is 19.9 Å². The Morgan fingerprint density at radius 1 is 0.756 bits per heavy atom. The zero-order chi connectivity index (χ0) is 31.8. The predicted octanol–water partition coefficient (Wildman–Crippen LogP) is 1.96. The quantitative estimate of drug-likeness (QED) is 0.154. The van der Waals surface area contributed by atoms with Crippen LogP contribution < -0.4 is 0 Å². The molecular weight excluding hydrogens is 595 g/mol. The lowest BCUT2D eigenvalue weighted by molar-refractivity contribution is -0.247. The number of halogens is 1. The summed E-state index contributed by atoms with van der Waals surface area (Å²) in [6, 6.07) is 11.0. The standard InChI is InChI=1S/C30H23FN4O10/c31-25-21(8-4-12-35-25)29(39)41-16-22-23(43-27(37)19-6-2-10-33-14-19)24(44-28(38)20-7-3-11-34-15-20)30(40,45-22)17-42-26(36)18-5-1-9-32-13-18/h1-15,22-24,40H,16-17H2/t22-,23-,24+,30-/m1/s1. The Morgan fingerprint density at radius 3 is 1.87 bits per heavy atom. The molecule has 0 radical (unpaired) electrons. The van der Waals surface area contributed by atoms with E-state index in [4.69, 9.17) is 23.7 Å². The van der Waals surface area contributed by atoms with Crippen LogP contribution >= 0.6 is 0 Å². The second-order valence-corrected chi connectivity index (χ2v) is 9.44. The van der Waals surface area contributed by atoms with E-state index < -0.39 is 72.7 Å². The van der Waals surface area contributed by atoms with Gasteiger partial charge in [-0.3, -0.25) is 15.0 Å². The number of pyridine rings is 4. The highest BCUT2D eigenvalue weighted by atomic mass is 19.1. The van der Waals surface area contributed by atoms with Gasteiger partial charge in [0.2, 0.25) is 11.7 Å². The second kappa shape index (κ2) is 13.7. The van der Waals surface area contributed by atoms with E-state index in [0.29, 0.717) is 0 Å². The van der Waals surface area contributed by atoms with Crippen LogP contribution in [0.5, 0.6) is 0 Å². The van der Waals surface area contributed by atoms with Gasteiger partial charge in [0.15, 0.2) is 12.2 Å². The van der Waals surface area contributed by atoms with Crippen LogP contribution in [0.25, 0.3) is 0 Å². The van der Waals surface area contributed by atoms with Crippen molar-refractivity contribution in [3.63, 3.8) is 0 Å². The summed E-state index contributed by atoms with van der Waals surface area (Å²) in [4.78, 5) is 66.5. The van der Waals surface area contributed by atoms with Gasteiger partial charge in [0.25, 0.3) is 0 Å². The minimum Gasteiger partial charge on any atom is -0.459 e. The second-order valence-electron chi connectivity index (χ2n) is 9.44. The molecule has 0 spiro atoms. The normalized spacial score (nSPS) is 20.5. The zero-order valence-electron chi connectivity index (χ0n) is 23.1. The van der Waals surface area contributed by atoms with Gasteiger partial charge in [-0.15, -0.1) is 0 Å². The molecule has 5 rings (SSSR count). The number of ether oxygens (including phenoxy) is 5. The fourth-order valence-electron chi connectivity index (χ4n) is 4.24. The van der Waals surface area contributed by atoms with Crippen molar-refractivity contribution in [1.29, 1.82) is 0 Å². The average Bonchev–Trinajstić information content (AvgIpc) is 3.33. The van der Waals surface area contributed by atoms with Gasteiger partial charge >= 0.3 is 23.9 Å². The van der Waals surface area contributed by atoms with Crippen LogP contribution in [0.1, 0.15) is 41.4 Å². The summed E-state index contributed by atoms with van der Waals surface area (Å²) in [5, 5.41) is 11.7. The molecule has 230 valence electrons. The number of nitrogens with zero attached hydrogens (tertiary/aromatic N) is 4. The van der Waals surface area contributed by atoms with E-state index in [1.165, 1.54) is 79.6 Å². The van der Waals surface area contributed by atoms with Crippen molar-refractivity contribution in [3.8, 4) is 0 Å². The van der Waals surface area contributed by atoms with Crippen LogP contribution in [0.15, 0.2) is 91.9 Å². The highest BCUT2D eigenvalue weighted by Crippen LogP contribution is 2.36. The number of rotatable bonds is 10. The van der Waals surface area contributed by atoms with E-state index in [1.54, 1.807) is 0 Å². The minimum absolute atomic E-state index is 0.0125. The summed E-state index contributed by atoms with van der Waals surface area (Å²) in [7, 11) is 0. The van der Waals surface area contributed by atoms with E-state index in [0.717, 1.165) is 12.3 Å². The SMILES string of the molecule is O=C(OC[C@@]1(O)O[C@H](COC(=O)c2cccnc2F)[C@@H](OC(=O)c2cccnc2)[C@@H]1OC(=O)c1cccnc1)c1cccnc1. The van der Waals surface area contributed by atoms with Gasteiger partial charge in [0, 0.05) is 43.4 Å². The molecular formula is C30H23FN4O10. The van der Waals surface area contributed by atoms with Crippen LogP contribution in [0, 0.1) is 5.95 Å². The van der Waals surface area contributed by atoms with Crippen LogP contribution in [-0.4, -0.2) is 86.2 Å². The maximum absolute atomic E-state index is 14.1. The molecule has 14 nitrogen and oxygen atoms in total. The molecule has 4 atom stereocenters.